The molecule has 2 bridgehead atoms. The first-order valence-electron chi connectivity index (χ1n) is 12.4. The van der Waals surface area contributed by atoms with Crippen molar-refractivity contribution in [1.82, 2.24) is 9.88 Å². The van der Waals surface area contributed by atoms with Gasteiger partial charge in [-0.3, -0.25) is 9.78 Å². The fraction of sp³-hybridized carbons (Fsp3) is 0.345. The maximum absolute atomic E-state index is 13.6. The molecule has 35 heavy (non-hydrogen) atoms. The van der Waals surface area contributed by atoms with Crippen molar-refractivity contribution in [1.29, 1.82) is 0 Å². The van der Waals surface area contributed by atoms with Crippen LogP contribution in [0.2, 0.25) is 0 Å². The van der Waals surface area contributed by atoms with E-state index in [2.05, 4.69) is 29.2 Å². The number of piperidine rings is 2. The molecule has 3 heterocycles. The standard InChI is InChI=1S/C29H27FN2O3/c30-20-12-19(15-31-16-20)28(33)18-13-21-6-5-7-22(14-18)32(21)29(34)35-17-27-25-10-3-1-8-23(25)24-9-2-4-11-26(24)27/h1-4,8-12,15-16,18,21-22,27H,5-7,13-14,17H2. The van der Waals surface area contributed by atoms with Crippen LogP contribution in [0.3, 0.4) is 0 Å². The van der Waals surface area contributed by atoms with E-state index in [1.807, 2.05) is 29.2 Å². The van der Waals surface area contributed by atoms with E-state index in [1.165, 1.54) is 34.5 Å². The number of ketones is 1. The smallest absolute Gasteiger partial charge is 0.410 e. The topological polar surface area (TPSA) is 59.5 Å². The van der Waals surface area contributed by atoms with Crippen molar-refractivity contribution in [3.05, 3.63) is 89.5 Å². The van der Waals surface area contributed by atoms with Crippen LogP contribution in [0.5, 0.6) is 0 Å². The van der Waals surface area contributed by atoms with Gasteiger partial charge in [0.1, 0.15) is 12.4 Å². The number of amides is 1. The highest BCUT2D eigenvalue weighted by Crippen LogP contribution is 2.45. The number of fused-ring (bicyclic) bond motifs is 5. The van der Waals surface area contributed by atoms with Gasteiger partial charge < -0.3 is 9.64 Å². The highest BCUT2D eigenvalue weighted by molar-refractivity contribution is 5.97. The number of hydrogen-bond acceptors (Lipinski definition) is 4. The number of pyridine rings is 1. The zero-order chi connectivity index (χ0) is 23.9. The zero-order valence-corrected chi connectivity index (χ0v) is 19.4. The lowest BCUT2D eigenvalue weighted by Gasteiger charge is -2.47. The maximum atomic E-state index is 13.6. The first-order chi connectivity index (χ1) is 17.1. The van der Waals surface area contributed by atoms with Gasteiger partial charge in [-0.25, -0.2) is 9.18 Å². The molecule has 2 unspecified atom stereocenters. The van der Waals surface area contributed by atoms with Crippen molar-refractivity contribution in [3.8, 4) is 11.1 Å². The van der Waals surface area contributed by atoms with Crippen molar-refractivity contribution >= 4 is 11.9 Å². The van der Waals surface area contributed by atoms with Crippen LogP contribution in [0.25, 0.3) is 11.1 Å². The number of halogens is 1. The average molecular weight is 471 g/mol. The van der Waals surface area contributed by atoms with Crippen LogP contribution >= 0.6 is 0 Å². The predicted octanol–water partition coefficient (Wildman–Crippen LogP) is 5.99. The summed E-state index contributed by atoms with van der Waals surface area (Å²) < 4.78 is 19.6. The van der Waals surface area contributed by atoms with E-state index in [0.717, 1.165) is 25.5 Å². The van der Waals surface area contributed by atoms with Gasteiger partial charge >= 0.3 is 6.09 Å². The molecule has 6 rings (SSSR count). The molecule has 1 aliphatic carbocycles. The van der Waals surface area contributed by atoms with E-state index in [9.17, 15) is 14.0 Å². The highest BCUT2D eigenvalue weighted by Gasteiger charge is 2.44. The highest BCUT2D eigenvalue weighted by atomic mass is 19.1. The predicted molar refractivity (Wildman–Crippen MR) is 130 cm³/mol. The van der Waals surface area contributed by atoms with Crippen LogP contribution < -0.4 is 0 Å². The monoisotopic (exact) mass is 470 g/mol. The Morgan fingerprint density at radius 2 is 1.57 bits per heavy atom. The number of nitrogens with zero attached hydrogens (tertiary/aromatic N) is 2. The molecule has 2 aliphatic heterocycles. The van der Waals surface area contributed by atoms with Crippen LogP contribution in [0.15, 0.2) is 67.0 Å². The fourth-order valence-corrected chi connectivity index (χ4v) is 6.34. The Balaban J connectivity index is 1.17. The van der Waals surface area contributed by atoms with Gasteiger partial charge in [0.2, 0.25) is 0 Å². The lowest BCUT2D eigenvalue weighted by Crippen LogP contribution is -2.55. The van der Waals surface area contributed by atoms with Crippen molar-refractivity contribution in [2.45, 2.75) is 50.1 Å². The Bertz CT molecular complexity index is 1230. The van der Waals surface area contributed by atoms with E-state index < -0.39 is 5.82 Å². The molecule has 1 amide bonds. The summed E-state index contributed by atoms with van der Waals surface area (Å²) in [5, 5.41) is 0. The Morgan fingerprint density at radius 1 is 0.943 bits per heavy atom. The zero-order valence-electron chi connectivity index (χ0n) is 19.4. The largest absolute Gasteiger partial charge is 0.448 e. The minimum absolute atomic E-state index is 0.0192. The molecule has 2 aromatic carbocycles. The number of Topliss-reactive ketones (excluding diaryl/α,β-unsaturated/α-hetero) is 1. The van der Waals surface area contributed by atoms with Gasteiger partial charge in [-0.1, -0.05) is 48.5 Å². The summed E-state index contributed by atoms with van der Waals surface area (Å²) >= 11 is 0. The van der Waals surface area contributed by atoms with Crippen molar-refractivity contribution < 1.29 is 18.7 Å². The minimum Gasteiger partial charge on any atom is -0.448 e. The Kier molecular flexibility index (Phi) is 5.59. The second kappa shape index (κ2) is 8.91. The van der Waals surface area contributed by atoms with Gasteiger partial charge in [0.05, 0.1) is 6.20 Å². The molecule has 0 radical (unpaired) electrons. The van der Waals surface area contributed by atoms with Gasteiger partial charge in [-0.2, -0.15) is 0 Å². The molecular formula is C29H27FN2O3. The summed E-state index contributed by atoms with van der Waals surface area (Å²) in [6.07, 6.45) is 6.14. The number of aromatic nitrogens is 1. The molecule has 178 valence electrons. The molecule has 0 N–H and O–H groups in total. The minimum atomic E-state index is -0.507. The third kappa shape index (κ3) is 3.91. The van der Waals surface area contributed by atoms with Crippen molar-refractivity contribution in [2.75, 3.05) is 6.61 Å². The van der Waals surface area contributed by atoms with Crippen LogP contribution in [0.4, 0.5) is 9.18 Å². The van der Waals surface area contributed by atoms with Gasteiger partial charge in [0, 0.05) is 35.7 Å². The van der Waals surface area contributed by atoms with E-state index in [-0.39, 0.29) is 35.8 Å². The first-order valence-corrected chi connectivity index (χ1v) is 12.4. The van der Waals surface area contributed by atoms with Crippen LogP contribution in [-0.4, -0.2) is 40.5 Å². The summed E-state index contributed by atoms with van der Waals surface area (Å²) in [7, 11) is 0. The quantitative estimate of drug-likeness (QED) is 0.440. The third-order valence-electron chi connectivity index (χ3n) is 7.88. The van der Waals surface area contributed by atoms with Crippen molar-refractivity contribution in [2.24, 2.45) is 5.92 Å². The van der Waals surface area contributed by atoms with Crippen LogP contribution in [-0.2, 0) is 4.74 Å². The first kappa shape index (κ1) is 22.0. The lowest BCUT2D eigenvalue weighted by molar-refractivity contribution is 0.00649. The molecule has 3 aliphatic rings. The number of ether oxygens (including phenoxy) is 1. The van der Waals surface area contributed by atoms with Gasteiger partial charge in [0.15, 0.2) is 5.78 Å². The molecule has 5 nitrogen and oxygen atoms in total. The van der Waals surface area contributed by atoms with Crippen molar-refractivity contribution in [3.63, 3.8) is 0 Å². The third-order valence-corrected chi connectivity index (χ3v) is 7.88. The van der Waals surface area contributed by atoms with Crippen LogP contribution in [0, 0.1) is 11.7 Å². The van der Waals surface area contributed by atoms with E-state index in [4.69, 9.17) is 4.74 Å². The molecule has 2 atom stereocenters. The molecule has 2 saturated heterocycles. The number of hydrogen-bond donors (Lipinski definition) is 0. The Hall–Kier alpha value is -3.54. The summed E-state index contributed by atoms with van der Waals surface area (Å²) in [4.78, 5) is 32.1. The maximum Gasteiger partial charge on any atom is 0.410 e. The molecule has 1 aromatic heterocycles. The lowest BCUT2D eigenvalue weighted by atomic mass is 9.76. The Labute approximate surface area is 203 Å². The van der Waals surface area contributed by atoms with Crippen LogP contribution in [0.1, 0.15) is 59.5 Å². The molecule has 0 spiro atoms. The number of carbonyl (C=O) groups excluding carboxylic acids is 2. The van der Waals surface area contributed by atoms with Gasteiger partial charge in [-0.15, -0.1) is 0 Å². The molecular weight excluding hydrogens is 443 g/mol. The summed E-state index contributed by atoms with van der Waals surface area (Å²) in [5.41, 5.74) is 5.09. The summed E-state index contributed by atoms with van der Waals surface area (Å²) in [6.45, 7) is 0.292. The van der Waals surface area contributed by atoms with Gasteiger partial charge in [0.25, 0.3) is 0 Å². The average Bonchev–Trinajstić information content (AvgIpc) is 3.20. The second-order valence-corrected chi connectivity index (χ2v) is 9.87. The summed E-state index contributed by atoms with van der Waals surface area (Å²) in [5.74, 6) is -0.800. The Morgan fingerprint density at radius 3 is 2.20 bits per heavy atom. The summed E-state index contributed by atoms with van der Waals surface area (Å²) in [6, 6.07) is 17.8. The second-order valence-electron chi connectivity index (χ2n) is 9.87. The molecule has 3 aromatic rings. The molecule has 2 fully saturated rings. The normalized spacial score (nSPS) is 22.9. The number of rotatable bonds is 4. The van der Waals surface area contributed by atoms with E-state index >= 15 is 0 Å². The molecule has 6 heteroatoms. The van der Waals surface area contributed by atoms with E-state index in [0.29, 0.717) is 25.0 Å². The number of carbonyl (C=O) groups is 2. The van der Waals surface area contributed by atoms with E-state index in [1.54, 1.807) is 0 Å². The number of benzene rings is 2. The fourth-order valence-electron chi connectivity index (χ4n) is 6.34. The molecule has 0 saturated carbocycles. The SMILES string of the molecule is O=C(c1cncc(F)c1)C1CC2CCCC(C1)N2C(=O)OCC1c2ccccc2-c2ccccc21. The van der Waals surface area contributed by atoms with Gasteiger partial charge in [-0.05, 0) is 60.4 Å².